The molecule has 0 aliphatic heterocycles. The summed E-state index contributed by atoms with van der Waals surface area (Å²) in [6.07, 6.45) is -1.09. The van der Waals surface area contributed by atoms with Crippen molar-refractivity contribution in [3.05, 3.63) is 22.9 Å². The Morgan fingerprint density at radius 2 is 2.23 bits per heavy atom. The Hall–Kier alpha value is -0.710. The van der Waals surface area contributed by atoms with Crippen LogP contribution in [0.2, 0.25) is 0 Å². The molecule has 2 nitrogen and oxygen atoms in total. The van der Waals surface area contributed by atoms with E-state index in [1.807, 2.05) is 0 Å². The normalized spacial score (nSPS) is 10.5. The van der Waals surface area contributed by atoms with Crippen molar-refractivity contribution in [2.75, 3.05) is 6.61 Å². The summed E-state index contributed by atoms with van der Waals surface area (Å²) in [6, 6.07) is 3.36. The monoisotopic (exact) mass is 251 g/mol. The third kappa shape index (κ3) is 4.17. The van der Waals surface area contributed by atoms with Crippen LogP contribution >= 0.6 is 15.9 Å². The third-order valence-electron chi connectivity index (χ3n) is 1.31. The summed E-state index contributed by atoms with van der Waals surface area (Å²) in [5, 5.41) is 0. The molecule has 1 aromatic rings. The smallest absolute Gasteiger partial charge is 0.241 e. The number of alkyl halides is 2. The molecule has 0 saturated heterocycles. The summed E-state index contributed by atoms with van der Waals surface area (Å²) >= 11 is 3.15. The number of halogens is 3. The van der Waals surface area contributed by atoms with Gasteiger partial charge in [0.05, 0.1) is 12.8 Å². The molecule has 0 N–H and O–H groups in total. The van der Waals surface area contributed by atoms with Crippen LogP contribution in [0.3, 0.4) is 0 Å². The molecule has 0 saturated carbocycles. The standard InChI is InChI=1S/C8H8BrF2NO/c9-7-2-1-6(5-12-7)13-4-3-8(10)11/h1-2,5,8H,3-4H2. The fourth-order valence-electron chi connectivity index (χ4n) is 0.713. The molecule has 72 valence electrons. The average Bonchev–Trinajstić information content (AvgIpc) is 2.08. The minimum atomic E-state index is -2.32. The Bertz CT molecular complexity index is 253. The molecule has 0 radical (unpaired) electrons. The Kier molecular flexibility index (Phi) is 4.08. The van der Waals surface area contributed by atoms with E-state index in [1.54, 1.807) is 12.1 Å². The molecule has 5 heteroatoms. The lowest BCUT2D eigenvalue weighted by Gasteiger charge is -2.04. The third-order valence-corrected chi connectivity index (χ3v) is 1.77. The molecule has 0 atom stereocenters. The number of nitrogens with zero attached hydrogens (tertiary/aromatic N) is 1. The maximum Gasteiger partial charge on any atom is 0.241 e. The van der Waals surface area contributed by atoms with Crippen molar-refractivity contribution in [3.8, 4) is 5.75 Å². The van der Waals surface area contributed by atoms with E-state index in [9.17, 15) is 8.78 Å². The zero-order valence-corrected chi connectivity index (χ0v) is 8.30. The van der Waals surface area contributed by atoms with Crippen LogP contribution in [0.1, 0.15) is 6.42 Å². The first-order valence-electron chi connectivity index (χ1n) is 3.71. The lowest BCUT2D eigenvalue weighted by Crippen LogP contribution is -2.02. The summed E-state index contributed by atoms with van der Waals surface area (Å²) in [5.74, 6) is 0.504. The molecule has 0 aromatic carbocycles. The van der Waals surface area contributed by atoms with Crippen molar-refractivity contribution in [2.24, 2.45) is 0 Å². The molecule has 0 amide bonds. The topological polar surface area (TPSA) is 22.1 Å². The van der Waals surface area contributed by atoms with E-state index in [2.05, 4.69) is 20.9 Å². The van der Waals surface area contributed by atoms with E-state index in [-0.39, 0.29) is 13.0 Å². The summed E-state index contributed by atoms with van der Waals surface area (Å²) in [7, 11) is 0. The van der Waals surface area contributed by atoms with Crippen LogP contribution < -0.4 is 4.74 Å². The van der Waals surface area contributed by atoms with Gasteiger partial charge < -0.3 is 4.74 Å². The van der Waals surface area contributed by atoms with Gasteiger partial charge in [0.2, 0.25) is 6.43 Å². The van der Waals surface area contributed by atoms with Crippen molar-refractivity contribution in [1.82, 2.24) is 4.98 Å². The molecular weight excluding hydrogens is 244 g/mol. The van der Waals surface area contributed by atoms with E-state index in [4.69, 9.17) is 4.74 Å². The molecule has 0 fully saturated rings. The molecule has 0 spiro atoms. The summed E-state index contributed by atoms with van der Waals surface area (Å²) in [4.78, 5) is 3.88. The Labute approximate surface area is 83.1 Å². The van der Waals surface area contributed by atoms with E-state index in [0.29, 0.717) is 10.4 Å². The Balaban J connectivity index is 2.33. The van der Waals surface area contributed by atoms with E-state index in [0.717, 1.165) is 0 Å². The first-order valence-corrected chi connectivity index (χ1v) is 4.50. The van der Waals surface area contributed by atoms with Crippen molar-refractivity contribution >= 4 is 15.9 Å². The highest BCUT2D eigenvalue weighted by molar-refractivity contribution is 9.10. The maximum atomic E-state index is 11.7. The molecule has 0 unspecified atom stereocenters. The van der Waals surface area contributed by atoms with Crippen LogP contribution in [0.4, 0.5) is 8.78 Å². The first-order chi connectivity index (χ1) is 6.18. The van der Waals surface area contributed by atoms with Crippen LogP contribution in [0.5, 0.6) is 5.75 Å². The largest absolute Gasteiger partial charge is 0.492 e. The predicted octanol–water partition coefficient (Wildman–Crippen LogP) is 2.88. The predicted molar refractivity (Wildman–Crippen MR) is 48.1 cm³/mol. The van der Waals surface area contributed by atoms with Gasteiger partial charge in [0, 0.05) is 6.42 Å². The lowest BCUT2D eigenvalue weighted by molar-refractivity contribution is 0.114. The minimum Gasteiger partial charge on any atom is -0.492 e. The van der Waals surface area contributed by atoms with Crippen LogP contribution in [0.25, 0.3) is 0 Å². The van der Waals surface area contributed by atoms with Gasteiger partial charge in [-0.15, -0.1) is 0 Å². The zero-order chi connectivity index (χ0) is 9.68. The molecule has 1 rings (SSSR count). The van der Waals surface area contributed by atoms with Crippen LogP contribution in [-0.4, -0.2) is 18.0 Å². The van der Waals surface area contributed by atoms with E-state index >= 15 is 0 Å². The van der Waals surface area contributed by atoms with Gasteiger partial charge in [-0.2, -0.15) is 0 Å². The number of ether oxygens (including phenoxy) is 1. The molecular formula is C8H8BrF2NO. The van der Waals surface area contributed by atoms with Gasteiger partial charge in [-0.1, -0.05) is 0 Å². The van der Waals surface area contributed by atoms with Crippen molar-refractivity contribution in [1.29, 1.82) is 0 Å². The van der Waals surface area contributed by atoms with E-state index in [1.165, 1.54) is 6.20 Å². The second kappa shape index (κ2) is 5.11. The Morgan fingerprint density at radius 3 is 2.77 bits per heavy atom. The van der Waals surface area contributed by atoms with Crippen molar-refractivity contribution in [2.45, 2.75) is 12.8 Å². The molecule has 13 heavy (non-hydrogen) atoms. The van der Waals surface area contributed by atoms with Crippen LogP contribution in [0, 0.1) is 0 Å². The maximum absolute atomic E-state index is 11.7. The highest BCUT2D eigenvalue weighted by Crippen LogP contribution is 2.13. The van der Waals surface area contributed by atoms with Gasteiger partial charge in [0.1, 0.15) is 10.4 Å². The van der Waals surface area contributed by atoms with E-state index < -0.39 is 6.43 Å². The van der Waals surface area contributed by atoms with Crippen molar-refractivity contribution < 1.29 is 13.5 Å². The highest BCUT2D eigenvalue weighted by Gasteiger charge is 2.02. The SMILES string of the molecule is FC(F)CCOc1ccc(Br)nc1. The first kappa shape index (κ1) is 10.4. The summed E-state index contributed by atoms with van der Waals surface area (Å²) in [6.45, 7) is 0.0149. The van der Waals surface area contributed by atoms with Gasteiger partial charge in [0.25, 0.3) is 0 Å². The Morgan fingerprint density at radius 1 is 1.46 bits per heavy atom. The number of pyridine rings is 1. The molecule has 0 aliphatic carbocycles. The molecule has 0 bridgehead atoms. The molecule has 1 heterocycles. The number of aromatic nitrogens is 1. The molecule has 1 aromatic heterocycles. The molecule has 0 aliphatic rings. The highest BCUT2D eigenvalue weighted by atomic mass is 79.9. The fourth-order valence-corrected chi connectivity index (χ4v) is 0.948. The zero-order valence-electron chi connectivity index (χ0n) is 6.71. The van der Waals surface area contributed by atoms with Gasteiger partial charge in [-0.25, -0.2) is 13.8 Å². The number of hydrogen-bond acceptors (Lipinski definition) is 2. The average molecular weight is 252 g/mol. The van der Waals surface area contributed by atoms with Crippen LogP contribution in [-0.2, 0) is 0 Å². The quantitative estimate of drug-likeness (QED) is 0.768. The summed E-state index contributed by atoms with van der Waals surface area (Å²) in [5.41, 5.74) is 0. The van der Waals surface area contributed by atoms with Gasteiger partial charge in [-0.3, -0.25) is 0 Å². The number of rotatable bonds is 4. The van der Waals surface area contributed by atoms with Gasteiger partial charge >= 0.3 is 0 Å². The fraction of sp³-hybridized carbons (Fsp3) is 0.375. The van der Waals surface area contributed by atoms with Gasteiger partial charge in [0.15, 0.2) is 0 Å². The summed E-state index contributed by atoms with van der Waals surface area (Å²) < 4.78 is 29.1. The second-order valence-electron chi connectivity index (χ2n) is 2.34. The van der Waals surface area contributed by atoms with Gasteiger partial charge in [-0.05, 0) is 28.1 Å². The lowest BCUT2D eigenvalue weighted by atomic mass is 10.4. The second-order valence-corrected chi connectivity index (χ2v) is 3.16. The van der Waals surface area contributed by atoms with Crippen LogP contribution in [0.15, 0.2) is 22.9 Å². The number of hydrogen-bond donors (Lipinski definition) is 0. The minimum absolute atomic E-state index is 0.0149. The van der Waals surface area contributed by atoms with Crippen molar-refractivity contribution in [3.63, 3.8) is 0 Å².